The molecule has 0 unspecified atom stereocenters. The summed E-state index contributed by atoms with van der Waals surface area (Å²) in [7, 11) is 0. The van der Waals surface area contributed by atoms with Crippen molar-refractivity contribution in [1.82, 2.24) is 0 Å². The van der Waals surface area contributed by atoms with Gasteiger partial charge in [0.2, 0.25) is 0 Å². The molecule has 0 aliphatic heterocycles. The van der Waals surface area contributed by atoms with Crippen LogP contribution in [0.15, 0.2) is 30.3 Å². The zero-order valence-electron chi connectivity index (χ0n) is 7.38. The molecule has 1 aromatic carbocycles. The Bertz CT molecular complexity index is 323. The van der Waals surface area contributed by atoms with Crippen LogP contribution in [0.4, 0.5) is 0 Å². The van der Waals surface area contributed by atoms with Crippen LogP contribution in [0.3, 0.4) is 0 Å². The summed E-state index contributed by atoms with van der Waals surface area (Å²) in [6, 6.07) is 8.70. The molecule has 0 heterocycles. The maximum atomic E-state index is 10.6. The van der Waals surface area contributed by atoms with Crippen LogP contribution in [-0.4, -0.2) is 73.5 Å². The van der Waals surface area contributed by atoms with Crippen molar-refractivity contribution in [2.24, 2.45) is 5.92 Å². The Labute approximate surface area is 130 Å². The van der Waals surface area contributed by atoms with E-state index in [4.69, 9.17) is 10.2 Å². The van der Waals surface area contributed by atoms with E-state index in [9.17, 15) is 9.59 Å². The normalized spacial score (nSPS) is 9.40. The van der Waals surface area contributed by atoms with E-state index in [2.05, 4.69) is 0 Å². The van der Waals surface area contributed by atoms with E-state index in [1.807, 2.05) is 0 Å². The first-order valence-corrected chi connectivity index (χ1v) is 4.11. The number of aliphatic carboxylic acids is 2. The van der Waals surface area contributed by atoms with Gasteiger partial charge >= 0.3 is 63.3 Å². The number of benzene rings is 1. The third kappa shape index (κ3) is 4.90. The number of carboxylic acid groups (broad SMARTS) is 2. The molecule has 15 heavy (non-hydrogen) atoms. The van der Waals surface area contributed by atoms with Crippen LogP contribution in [-0.2, 0) is 16.0 Å². The van der Waals surface area contributed by atoms with Crippen LogP contribution in [0.5, 0.6) is 0 Å². The molecule has 4 nitrogen and oxygen atoms in total. The molecule has 0 spiro atoms. The summed E-state index contributed by atoms with van der Waals surface area (Å²) in [6.45, 7) is 0. The van der Waals surface area contributed by atoms with Crippen molar-refractivity contribution in [3.8, 4) is 0 Å². The summed E-state index contributed by atoms with van der Waals surface area (Å²) in [6.07, 6.45) is 0.0194. The Morgan fingerprint density at radius 3 is 1.93 bits per heavy atom. The van der Waals surface area contributed by atoms with Gasteiger partial charge in [0.05, 0.1) is 0 Å². The van der Waals surface area contributed by atoms with Crippen molar-refractivity contribution < 1.29 is 19.8 Å². The molecule has 76 valence electrons. The summed E-state index contributed by atoms with van der Waals surface area (Å²) in [5.41, 5.74) is 0.710. The van der Waals surface area contributed by atoms with Gasteiger partial charge in [-0.3, -0.25) is 9.59 Å². The molecule has 0 bridgehead atoms. The molecule has 0 fully saturated rings. The van der Waals surface area contributed by atoms with Gasteiger partial charge < -0.3 is 10.2 Å². The first-order valence-electron chi connectivity index (χ1n) is 4.11. The van der Waals surface area contributed by atoms with Gasteiger partial charge in [-0.15, -0.1) is 0 Å². The number of hydrogen-bond donors (Lipinski definition) is 2. The summed E-state index contributed by atoms with van der Waals surface area (Å²) in [5.74, 6) is -3.97. The second-order valence-electron chi connectivity index (χ2n) is 2.92. The SMILES string of the molecule is O=C(O)C(Cc1ccccc1)C(=O)O.[KH]. The Balaban J connectivity index is 0.00000196. The van der Waals surface area contributed by atoms with Gasteiger partial charge in [-0.05, 0) is 12.0 Å². The predicted octanol–water partition coefficient (Wildman–Crippen LogP) is 0.366. The summed E-state index contributed by atoms with van der Waals surface area (Å²) < 4.78 is 0. The van der Waals surface area contributed by atoms with E-state index < -0.39 is 17.9 Å². The van der Waals surface area contributed by atoms with E-state index in [1.54, 1.807) is 30.3 Å². The first-order chi connectivity index (χ1) is 6.61. The van der Waals surface area contributed by atoms with Crippen LogP contribution in [0.2, 0.25) is 0 Å². The van der Waals surface area contributed by atoms with Gasteiger partial charge in [-0.2, -0.15) is 0 Å². The molecule has 0 aliphatic carbocycles. The van der Waals surface area contributed by atoms with Crippen LogP contribution in [0, 0.1) is 5.92 Å². The van der Waals surface area contributed by atoms with Gasteiger partial charge in [0.25, 0.3) is 0 Å². The van der Waals surface area contributed by atoms with Crippen LogP contribution < -0.4 is 0 Å². The van der Waals surface area contributed by atoms with Crippen molar-refractivity contribution >= 4 is 63.3 Å². The Morgan fingerprint density at radius 1 is 1.07 bits per heavy atom. The van der Waals surface area contributed by atoms with E-state index in [1.165, 1.54) is 0 Å². The molecule has 5 heteroatoms. The van der Waals surface area contributed by atoms with E-state index in [0.717, 1.165) is 0 Å². The van der Waals surface area contributed by atoms with Crippen molar-refractivity contribution in [2.75, 3.05) is 0 Å². The van der Waals surface area contributed by atoms with E-state index >= 15 is 0 Å². The van der Waals surface area contributed by atoms with Gasteiger partial charge in [0.1, 0.15) is 0 Å². The summed E-state index contributed by atoms with van der Waals surface area (Å²) in [5, 5.41) is 17.2. The maximum absolute atomic E-state index is 10.6. The number of rotatable bonds is 4. The minimum absolute atomic E-state index is 0. The third-order valence-electron chi connectivity index (χ3n) is 1.88. The Hall–Kier alpha value is -0.204. The monoisotopic (exact) mass is 234 g/mol. The van der Waals surface area contributed by atoms with Crippen molar-refractivity contribution in [2.45, 2.75) is 6.42 Å². The van der Waals surface area contributed by atoms with E-state index in [-0.39, 0.29) is 57.8 Å². The molecule has 2 N–H and O–H groups in total. The number of carbonyl (C=O) groups is 2. The molecule has 1 rings (SSSR count). The molecule has 0 radical (unpaired) electrons. The fourth-order valence-corrected chi connectivity index (χ4v) is 1.13. The predicted molar refractivity (Wildman–Crippen MR) is 56.1 cm³/mol. The fraction of sp³-hybridized carbons (Fsp3) is 0.200. The van der Waals surface area contributed by atoms with Crippen molar-refractivity contribution in [3.05, 3.63) is 35.9 Å². The molecular weight excluding hydrogens is 223 g/mol. The van der Waals surface area contributed by atoms with E-state index in [0.29, 0.717) is 5.56 Å². The van der Waals surface area contributed by atoms with Crippen LogP contribution >= 0.6 is 0 Å². The van der Waals surface area contributed by atoms with Gasteiger partial charge in [-0.25, -0.2) is 0 Å². The quantitative estimate of drug-likeness (QED) is 0.583. The molecule has 0 aliphatic rings. The molecule has 0 saturated carbocycles. The van der Waals surface area contributed by atoms with Gasteiger partial charge in [-0.1, -0.05) is 30.3 Å². The zero-order valence-corrected chi connectivity index (χ0v) is 7.38. The molecule has 0 saturated heterocycles. The number of carboxylic acids is 2. The molecule has 0 aromatic heterocycles. The third-order valence-corrected chi connectivity index (χ3v) is 1.88. The molecule has 0 atom stereocenters. The second-order valence-corrected chi connectivity index (χ2v) is 2.92. The topological polar surface area (TPSA) is 74.6 Å². The molecule has 0 amide bonds. The first kappa shape index (κ1) is 14.8. The molecule has 1 aromatic rings. The fourth-order valence-electron chi connectivity index (χ4n) is 1.13. The molecular formula is C10H11KO4. The second kappa shape index (κ2) is 7.13. The van der Waals surface area contributed by atoms with Crippen LogP contribution in [0.25, 0.3) is 0 Å². The van der Waals surface area contributed by atoms with Crippen LogP contribution in [0.1, 0.15) is 5.56 Å². The van der Waals surface area contributed by atoms with Gasteiger partial charge in [0.15, 0.2) is 5.92 Å². The average Bonchev–Trinajstić information content (AvgIpc) is 2.15. The minimum atomic E-state index is -1.36. The Kier molecular flexibility index (Phi) is 7.04. The average molecular weight is 234 g/mol. The Morgan fingerprint density at radius 2 is 1.53 bits per heavy atom. The summed E-state index contributed by atoms with van der Waals surface area (Å²) in [4.78, 5) is 21.1. The van der Waals surface area contributed by atoms with Crippen molar-refractivity contribution in [3.63, 3.8) is 0 Å². The van der Waals surface area contributed by atoms with Crippen molar-refractivity contribution in [1.29, 1.82) is 0 Å². The van der Waals surface area contributed by atoms with Gasteiger partial charge in [0, 0.05) is 0 Å². The number of hydrogen-bond acceptors (Lipinski definition) is 2. The standard InChI is InChI=1S/C10H10O4.K.H/c11-9(12)8(10(13)14)6-7-4-2-1-3-5-7;;/h1-5,8H,6H2,(H,11,12)(H,13,14);;. The summed E-state index contributed by atoms with van der Waals surface area (Å²) >= 11 is 0. The zero-order chi connectivity index (χ0) is 10.6.